The maximum absolute atomic E-state index is 11.9. The number of nitro groups is 1. The van der Waals surface area contributed by atoms with Gasteiger partial charge in [-0.05, 0) is 19.1 Å². The van der Waals surface area contributed by atoms with Crippen LogP contribution in [0.5, 0.6) is 0 Å². The highest BCUT2D eigenvalue weighted by molar-refractivity contribution is 7.92. The van der Waals surface area contributed by atoms with Crippen LogP contribution in [-0.2, 0) is 9.84 Å². The van der Waals surface area contributed by atoms with Gasteiger partial charge in [0, 0.05) is 11.9 Å². The molecule has 1 aromatic carbocycles. The standard InChI is InChI=1S/C10H9ClN2O4S/c1-7(5-11)18(16,17)9-2-3-10(13(14)15)8(4-9)6-12/h2-4,7H,5H2,1H3. The number of sulfone groups is 1. The minimum atomic E-state index is -3.67. The highest BCUT2D eigenvalue weighted by Gasteiger charge is 2.25. The molecule has 0 saturated carbocycles. The van der Waals surface area contributed by atoms with Gasteiger partial charge < -0.3 is 0 Å². The first-order chi connectivity index (χ1) is 8.34. The fraction of sp³-hybridized carbons (Fsp3) is 0.300. The molecule has 0 aromatic heterocycles. The summed E-state index contributed by atoms with van der Waals surface area (Å²) in [7, 11) is -3.67. The average molecular weight is 289 g/mol. The third-order valence-corrected chi connectivity index (χ3v) is 5.14. The second kappa shape index (κ2) is 5.33. The lowest BCUT2D eigenvalue weighted by atomic mass is 10.2. The Hall–Kier alpha value is -1.65. The molecular formula is C10H9ClN2O4S. The summed E-state index contributed by atoms with van der Waals surface area (Å²) in [6.07, 6.45) is 0. The van der Waals surface area contributed by atoms with Crippen molar-refractivity contribution in [3.8, 4) is 6.07 Å². The summed E-state index contributed by atoms with van der Waals surface area (Å²) in [5.74, 6) is -0.0960. The maximum atomic E-state index is 11.9. The Balaban J connectivity index is 3.40. The van der Waals surface area contributed by atoms with E-state index in [1.165, 1.54) is 6.92 Å². The molecule has 0 radical (unpaired) electrons. The van der Waals surface area contributed by atoms with Gasteiger partial charge in [0.1, 0.15) is 11.6 Å². The number of benzene rings is 1. The molecule has 0 saturated heterocycles. The van der Waals surface area contributed by atoms with Crippen LogP contribution in [0.4, 0.5) is 5.69 Å². The van der Waals surface area contributed by atoms with E-state index in [2.05, 4.69) is 0 Å². The van der Waals surface area contributed by atoms with E-state index in [4.69, 9.17) is 16.9 Å². The molecule has 1 aromatic rings. The van der Waals surface area contributed by atoms with E-state index in [1.54, 1.807) is 6.07 Å². The number of hydrogen-bond acceptors (Lipinski definition) is 5. The molecule has 1 atom stereocenters. The molecular weight excluding hydrogens is 280 g/mol. The van der Waals surface area contributed by atoms with E-state index in [0.717, 1.165) is 18.2 Å². The molecule has 0 heterocycles. The van der Waals surface area contributed by atoms with Crippen molar-refractivity contribution in [1.82, 2.24) is 0 Å². The first kappa shape index (κ1) is 14.4. The van der Waals surface area contributed by atoms with Crippen LogP contribution in [-0.4, -0.2) is 24.5 Å². The van der Waals surface area contributed by atoms with Crippen LogP contribution in [0.3, 0.4) is 0 Å². The lowest BCUT2D eigenvalue weighted by molar-refractivity contribution is -0.385. The van der Waals surface area contributed by atoms with Gasteiger partial charge in [0.2, 0.25) is 0 Å². The number of halogens is 1. The van der Waals surface area contributed by atoms with Crippen molar-refractivity contribution >= 4 is 27.1 Å². The Morgan fingerprint density at radius 2 is 2.17 bits per heavy atom. The normalized spacial score (nSPS) is 12.7. The number of nitro benzene ring substituents is 1. The summed E-state index contributed by atoms with van der Waals surface area (Å²) in [5.41, 5.74) is -0.710. The van der Waals surface area contributed by atoms with E-state index < -0.39 is 25.7 Å². The van der Waals surface area contributed by atoms with Gasteiger partial charge >= 0.3 is 0 Å². The molecule has 0 aliphatic carbocycles. The van der Waals surface area contributed by atoms with Gasteiger partial charge in [0.05, 0.1) is 15.1 Å². The summed E-state index contributed by atoms with van der Waals surface area (Å²) in [4.78, 5) is 9.74. The minimum Gasteiger partial charge on any atom is -0.258 e. The minimum absolute atomic E-state index is 0.0960. The average Bonchev–Trinajstić information content (AvgIpc) is 2.36. The third-order valence-electron chi connectivity index (χ3n) is 2.36. The first-order valence-corrected chi connectivity index (χ1v) is 6.91. The number of rotatable bonds is 4. The maximum Gasteiger partial charge on any atom is 0.287 e. The summed E-state index contributed by atoms with van der Waals surface area (Å²) in [5, 5.41) is 18.6. The van der Waals surface area contributed by atoms with Crippen molar-refractivity contribution in [3.63, 3.8) is 0 Å². The smallest absolute Gasteiger partial charge is 0.258 e. The van der Waals surface area contributed by atoms with Crippen LogP contribution in [0.2, 0.25) is 0 Å². The van der Waals surface area contributed by atoms with E-state index in [0.29, 0.717) is 0 Å². The SMILES string of the molecule is CC(CCl)S(=O)(=O)c1ccc([N+](=O)[O-])c(C#N)c1. The van der Waals surface area contributed by atoms with Gasteiger partial charge in [-0.2, -0.15) is 5.26 Å². The predicted molar refractivity (Wildman–Crippen MR) is 65.2 cm³/mol. The van der Waals surface area contributed by atoms with Gasteiger partial charge in [-0.1, -0.05) is 0 Å². The first-order valence-electron chi connectivity index (χ1n) is 4.83. The van der Waals surface area contributed by atoms with Crippen LogP contribution in [0.1, 0.15) is 12.5 Å². The van der Waals surface area contributed by atoms with Gasteiger partial charge in [0.15, 0.2) is 9.84 Å². The van der Waals surface area contributed by atoms with Crippen molar-refractivity contribution < 1.29 is 13.3 Å². The molecule has 1 unspecified atom stereocenters. The lowest BCUT2D eigenvalue weighted by Crippen LogP contribution is -2.19. The van der Waals surface area contributed by atoms with Crippen molar-refractivity contribution in [2.45, 2.75) is 17.1 Å². The zero-order valence-corrected chi connectivity index (χ0v) is 10.9. The molecule has 0 amide bonds. The summed E-state index contributed by atoms with van der Waals surface area (Å²) < 4.78 is 23.9. The molecule has 0 N–H and O–H groups in total. The van der Waals surface area contributed by atoms with Crippen LogP contribution >= 0.6 is 11.6 Å². The van der Waals surface area contributed by atoms with Crippen molar-refractivity contribution in [1.29, 1.82) is 5.26 Å². The second-order valence-corrected chi connectivity index (χ2v) is 6.23. The molecule has 8 heteroatoms. The van der Waals surface area contributed by atoms with E-state index >= 15 is 0 Å². The zero-order chi connectivity index (χ0) is 13.9. The largest absolute Gasteiger partial charge is 0.287 e. The molecule has 0 bridgehead atoms. The zero-order valence-electron chi connectivity index (χ0n) is 9.33. The monoisotopic (exact) mass is 288 g/mol. The molecule has 1 rings (SSSR count). The van der Waals surface area contributed by atoms with Crippen LogP contribution in [0, 0.1) is 21.4 Å². The Morgan fingerprint density at radius 1 is 1.56 bits per heavy atom. The fourth-order valence-corrected chi connectivity index (χ4v) is 2.92. The van der Waals surface area contributed by atoms with Crippen LogP contribution in [0.25, 0.3) is 0 Å². The molecule has 0 aliphatic rings. The van der Waals surface area contributed by atoms with Gasteiger partial charge in [-0.15, -0.1) is 11.6 Å². The van der Waals surface area contributed by atoms with E-state index in [9.17, 15) is 18.5 Å². The summed E-state index contributed by atoms with van der Waals surface area (Å²) >= 11 is 5.49. The van der Waals surface area contributed by atoms with Crippen LogP contribution < -0.4 is 0 Å². The fourth-order valence-electron chi connectivity index (χ4n) is 1.26. The molecule has 0 fully saturated rings. The van der Waals surface area contributed by atoms with E-state index in [-0.39, 0.29) is 16.3 Å². The lowest BCUT2D eigenvalue weighted by Gasteiger charge is -2.09. The topological polar surface area (TPSA) is 101 Å². The summed E-state index contributed by atoms with van der Waals surface area (Å²) in [6, 6.07) is 4.72. The Bertz CT molecular complexity index is 621. The molecule has 18 heavy (non-hydrogen) atoms. The molecule has 96 valence electrons. The van der Waals surface area contributed by atoms with Crippen molar-refractivity contribution in [2.24, 2.45) is 0 Å². The quantitative estimate of drug-likeness (QED) is 0.478. The Morgan fingerprint density at radius 3 is 2.61 bits per heavy atom. The number of hydrogen-bond donors (Lipinski definition) is 0. The highest BCUT2D eigenvalue weighted by atomic mass is 35.5. The molecule has 0 spiro atoms. The highest BCUT2D eigenvalue weighted by Crippen LogP contribution is 2.24. The van der Waals surface area contributed by atoms with Crippen LogP contribution in [0.15, 0.2) is 23.1 Å². The number of alkyl halides is 1. The summed E-state index contributed by atoms with van der Waals surface area (Å²) in [6.45, 7) is 1.43. The Kier molecular flexibility index (Phi) is 4.27. The second-order valence-electron chi connectivity index (χ2n) is 3.56. The predicted octanol–water partition coefficient (Wildman–Crippen LogP) is 1.87. The number of nitrogens with zero attached hydrogens (tertiary/aromatic N) is 2. The third kappa shape index (κ3) is 2.60. The van der Waals surface area contributed by atoms with Gasteiger partial charge in [0.25, 0.3) is 5.69 Å². The molecule has 6 nitrogen and oxygen atoms in total. The van der Waals surface area contributed by atoms with Gasteiger partial charge in [-0.3, -0.25) is 10.1 Å². The van der Waals surface area contributed by atoms with Gasteiger partial charge in [-0.25, -0.2) is 8.42 Å². The number of nitriles is 1. The van der Waals surface area contributed by atoms with E-state index in [1.807, 2.05) is 0 Å². The Labute approximate surface area is 109 Å². The van der Waals surface area contributed by atoms with Crippen molar-refractivity contribution in [3.05, 3.63) is 33.9 Å². The molecule has 0 aliphatic heterocycles. The van der Waals surface area contributed by atoms with Crippen molar-refractivity contribution in [2.75, 3.05) is 5.88 Å².